The Bertz CT molecular complexity index is 315. The molecule has 0 saturated carbocycles. The molecule has 0 spiro atoms. The predicted octanol–water partition coefficient (Wildman–Crippen LogP) is 2.16. The first-order chi connectivity index (χ1) is 7.35. The van der Waals surface area contributed by atoms with Gasteiger partial charge in [0, 0.05) is 6.42 Å². The number of aldehydes is 1. The number of ether oxygens (including phenoxy) is 2. The molecule has 0 amide bonds. The van der Waals surface area contributed by atoms with Crippen LogP contribution >= 0.6 is 0 Å². The Morgan fingerprint density at radius 3 is 2.67 bits per heavy atom. The van der Waals surface area contributed by atoms with E-state index in [4.69, 9.17) is 9.47 Å². The van der Waals surface area contributed by atoms with E-state index in [9.17, 15) is 4.79 Å². The van der Waals surface area contributed by atoms with Gasteiger partial charge in [-0.1, -0.05) is 18.2 Å². The van der Waals surface area contributed by atoms with Crippen LogP contribution in [0.3, 0.4) is 0 Å². The second-order valence-corrected chi connectivity index (χ2v) is 3.65. The van der Waals surface area contributed by atoms with Gasteiger partial charge in [-0.25, -0.2) is 0 Å². The summed E-state index contributed by atoms with van der Waals surface area (Å²) in [5, 5.41) is 0. The van der Waals surface area contributed by atoms with Crippen LogP contribution in [0.5, 0.6) is 5.75 Å². The van der Waals surface area contributed by atoms with Gasteiger partial charge in [0.15, 0.2) is 6.29 Å². The summed E-state index contributed by atoms with van der Waals surface area (Å²) in [5.41, 5.74) is 0. The summed E-state index contributed by atoms with van der Waals surface area (Å²) in [5.74, 6) is -0.383. The number of carbonyl (C=O) groups is 1. The Labute approximate surface area is 89.0 Å². The van der Waals surface area contributed by atoms with Gasteiger partial charge >= 0.3 is 0 Å². The minimum absolute atomic E-state index is 0.589. The maximum absolute atomic E-state index is 11.0. The van der Waals surface area contributed by atoms with E-state index in [0.29, 0.717) is 18.8 Å². The fourth-order valence-electron chi connectivity index (χ4n) is 1.68. The molecule has 1 fully saturated rings. The van der Waals surface area contributed by atoms with Crippen LogP contribution in [0.1, 0.15) is 19.3 Å². The predicted molar refractivity (Wildman–Crippen MR) is 55.7 cm³/mol. The molecule has 0 N–H and O–H groups in total. The van der Waals surface area contributed by atoms with Crippen molar-refractivity contribution in [2.24, 2.45) is 0 Å². The third-order valence-corrected chi connectivity index (χ3v) is 2.48. The molecule has 1 heterocycles. The number of rotatable bonds is 3. The van der Waals surface area contributed by atoms with E-state index in [0.717, 1.165) is 19.1 Å². The van der Waals surface area contributed by atoms with Crippen molar-refractivity contribution < 1.29 is 14.3 Å². The van der Waals surface area contributed by atoms with Crippen LogP contribution in [-0.2, 0) is 9.53 Å². The van der Waals surface area contributed by atoms with Gasteiger partial charge < -0.3 is 9.47 Å². The van der Waals surface area contributed by atoms with Crippen molar-refractivity contribution in [2.45, 2.75) is 25.0 Å². The lowest BCUT2D eigenvalue weighted by Gasteiger charge is -2.32. The van der Waals surface area contributed by atoms with Crippen LogP contribution in [0, 0.1) is 0 Å². The summed E-state index contributed by atoms with van der Waals surface area (Å²) in [6.45, 7) is 0.589. The average molecular weight is 206 g/mol. The standard InChI is InChI=1S/C12H14O3/c13-10-12(8-4-5-9-14-12)15-11-6-2-1-3-7-11/h1-3,6-7,10H,4-5,8-9H2. The van der Waals surface area contributed by atoms with E-state index in [1.54, 1.807) is 0 Å². The van der Waals surface area contributed by atoms with Crippen LogP contribution in [0.25, 0.3) is 0 Å². The van der Waals surface area contributed by atoms with E-state index in [1.807, 2.05) is 30.3 Å². The number of hydrogen-bond donors (Lipinski definition) is 0. The van der Waals surface area contributed by atoms with Gasteiger partial charge in [0.25, 0.3) is 5.79 Å². The van der Waals surface area contributed by atoms with Crippen molar-refractivity contribution >= 4 is 6.29 Å². The number of carbonyl (C=O) groups excluding carboxylic acids is 1. The molecular weight excluding hydrogens is 192 g/mol. The van der Waals surface area contributed by atoms with Gasteiger partial charge in [-0.15, -0.1) is 0 Å². The van der Waals surface area contributed by atoms with Crippen molar-refractivity contribution in [3.8, 4) is 5.75 Å². The SMILES string of the molecule is O=CC1(Oc2ccccc2)CCCCO1. The lowest BCUT2D eigenvalue weighted by Crippen LogP contribution is -2.43. The summed E-state index contributed by atoms with van der Waals surface area (Å²) < 4.78 is 11.0. The molecule has 15 heavy (non-hydrogen) atoms. The third kappa shape index (κ3) is 2.36. The maximum Gasteiger partial charge on any atom is 0.267 e. The summed E-state index contributed by atoms with van der Waals surface area (Å²) in [7, 11) is 0. The summed E-state index contributed by atoms with van der Waals surface area (Å²) in [4.78, 5) is 11.0. The molecule has 80 valence electrons. The molecule has 0 radical (unpaired) electrons. The lowest BCUT2D eigenvalue weighted by atomic mass is 10.1. The molecule has 3 heteroatoms. The van der Waals surface area contributed by atoms with Crippen molar-refractivity contribution in [1.29, 1.82) is 0 Å². The molecule has 1 aromatic rings. The second kappa shape index (κ2) is 4.45. The zero-order valence-corrected chi connectivity index (χ0v) is 8.52. The molecule has 0 bridgehead atoms. The van der Waals surface area contributed by atoms with Crippen LogP contribution in [0.2, 0.25) is 0 Å². The summed E-state index contributed by atoms with van der Waals surface area (Å²) in [6, 6.07) is 9.29. The van der Waals surface area contributed by atoms with Gasteiger partial charge in [0.05, 0.1) is 6.61 Å². The quantitative estimate of drug-likeness (QED) is 0.711. The van der Waals surface area contributed by atoms with Crippen molar-refractivity contribution in [3.05, 3.63) is 30.3 Å². The number of para-hydroxylation sites is 1. The van der Waals surface area contributed by atoms with Crippen LogP contribution < -0.4 is 4.74 Å². The first-order valence-electron chi connectivity index (χ1n) is 5.19. The highest BCUT2D eigenvalue weighted by molar-refractivity contribution is 5.61. The number of hydrogen-bond acceptors (Lipinski definition) is 3. The van der Waals surface area contributed by atoms with Crippen molar-refractivity contribution in [3.63, 3.8) is 0 Å². The molecule has 3 nitrogen and oxygen atoms in total. The molecule has 0 aromatic heterocycles. The molecular formula is C12H14O3. The molecule has 1 aliphatic heterocycles. The number of benzene rings is 1. The van der Waals surface area contributed by atoms with Gasteiger partial charge in [-0.2, -0.15) is 0 Å². The fraction of sp³-hybridized carbons (Fsp3) is 0.417. The van der Waals surface area contributed by atoms with Crippen molar-refractivity contribution in [1.82, 2.24) is 0 Å². The Balaban J connectivity index is 2.10. The molecule has 1 unspecified atom stereocenters. The Hall–Kier alpha value is -1.35. The molecule has 1 aromatic carbocycles. The topological polar surface area (TPSA) is 35.5 Å². The Morgan fingerprint density at radius 2 is 2.07 bits per heavy atom. The monoisotopic (exact) mass is 206 g/mol. The lowest BCUT2D eigenvalue weighted by molar-refractivity contribution is -0.195. The summed E-state index contributed by atoms with van der Waals surface area (Å²) >= 11 is 0. The summed E-state index contributed by atoms with van der Waals surface area (Å²) in [6.07, 6.45) is 3.35. The van der Waals surface area contributed by atoms with Gasteiger partial charge in [0.1, 0.15) is 5.75 Å². The Morgan fingerprint density at radius 1 is 1.27 bits per heavy atom. The second-order valence-electron chi connectivity index (χ2n) is 3.65. The Kier molecular flexibility index (Phi) is 3.02. The largest absolute Gasteiger partial charge is 0.455 e. The fourth-order valence-corrected chi connectivity index (χ4v) is 1.68. The van der Waals surface area contributed by atoms with Gasteiger partial charge in [-0.05, 0) is 25.0 Å². The highest BCUT2D eigenvalue weighted by Crippen LogP contribution is 2.26. The zero-order chi connectivity index (χ0) is 10.6. The van der Waals surface area contributed by atoms with Crippen LogP contribution in [0.4, 0.5) is 0 Å². The zero-order valence-electron chi connectivity index (χ0n) is 8.52. The normalized spacial score (nSPS) is 25.9. The van der Waals surface area contributed by atoms with Crippen LogP contribution in [-0.4, -0.2) is 18.7 Å². The van der Waals surface area contributed by atoms with Crippen molar-refractivity contribution in [2.75, 3.05) is 6.61 Å². The van der Waals surface area contributed by atoms with E-state index >= 15 is 0 Å². The minimum Gasteiger partial charge on any atom is -0.455 e. The maximum atomic E-state index is 11.0. The molecule has 0 aliphatic carbocycles. The van der Waals surface area contributed by atoms with Gasteiger partial charge in [-0.3, -0.25) is 4.79 Å². The first kappa shape index (κ1) is 10.2. The third-order valence-electron chi connectivity index (χ3n) is 2.48. The molecule has 1 atom stereocenters. The highest BCUT2D eigenvalue weighted by Gasteiger charge is 2.35. The molecule has 1 aliphatic rings. The van der Waals surface area contributed by atoms with Gasteiger partial charge in [0.2, 0.25) is 0 Å². The van der Waals surface area contributed by atoms with E-state index in [1.165, 1.54) is 0 Å². The van der Waals surface area contributed by atoms with E-state index in [2.05, 4.69) is 0 Å². The average Bonchev–Trinajstić information content (AvgIpc) is 2.32. The smallest absolute Gasteiger partial charge is 0.267 e. The van der Waals surface area contributed by atoms with E-state index in [-0.39, 0.29) is 0 Å². The van der Waals surface area contributed by atoms with Crippen LogP contribution in [0.15, 0.2) is 30.3 Å². The minimum atomic E-state index is -1.06. The highest BCUT2D eigenvalue weighted by atomic mass is 16.7. The van der Waals surface area contributed by atoms with E-state index < -0.39 is 5.79 Å². The molecule has 2 rings (SSSR count). The molecule has 1 saturated heterocycles. The first-order valence-corrected chi connectivity index (χ1v) is 5.19.